The Hall–Kier alpha value is -1.20. The van der Waals surface area contributed by atoms with E-state index >= 15 is 0 Å². The minimum absolute atomic E-state index is 0.671. The van der Waals surface area contributed by atoms with Gasteiger partial charge in [0.1, 0.15) is 0 Å². The molecule has 54 valence electrons. The summed E-state index contributed by atoms with van der Waals surface area (Å²) in [7, 11) is 0. The van der Waals surface area contributed by atoms with Crippen molar-refractivity contribution in [2.24, 2.45) is 0 Å². The summed E-state index contributed by atoms with van der Waals surface area (Å²) in [5.41, 5.74) is 1.68. The first-order chi connectivity index (χ1) is 5.24. The van der Waals surface area contributed by atoms with Gasteiger partial charge in [-0.05, 0) is 24.6 Å². The van der Waals surface area contributed by atoms with Crippen LogP contribution in [0.1, 0.15) is 18.1 Å². The number of hydrogen-bond donors (Lipinski definition) is 0. The number of nitrogens with zero attached hydrogens (tertiary/aromatic N) is 1. The molecule has 0 aliphatic carbocycles. The third kappa shape index (κ3) is 1.86. The fourth-order valence-corrected chi connectivity index (χ4v) is 0.916. The van der Waals surface area contributed by atoms with Gasteiger partial charge in [-0.2, -0.15) is 5.26 Å². The zero-order valence-electron chi connectivity index (χ0n) is 6.16. The highest BCUT2D eigenvalue weighted by molar-refractivity contribution is 7.80. The lowest BCUT2D eigenvalue weighted by molar-refractivity contribution is 1.48. The standard InChI is InChI=1S/C9H7NS/c1-7(11)9-4-2-8(6-10)3-5-9/h2-5H,1H3. The topological polar surface area (TPSA) is 23.8 Å². The van der Waals surface area contributed by atoms with Gasteiger partial charge in [-0.1, -0.05) is 24.4 Å². The second-order valence-electron chi connectivity index (χ2n) is 2.25. The summed E-state index contributed by atoms with van der Waals surface area (Å²) in [6.45, 7) is 1.87. The van der Waals surface area contributed by atoms with Crippen LogP contribution in [0.5, 0.6) is 0 Å². The summed E-state index contributed by atoms with van der Waals surface area (Å²) in [5.74, 6) is 0. The Morgan fingerprint density at radius 1 is 1.36 bits per heavy atom. The molecule has 2 heteroatoms. The van der Waals surface area contributed by atoms with Crippen molar-refractivity contribution in [2.45, 2.75) is 6.92 Å². The number of hydrogen-bond acceptors (Lipinski definition) is 2. The van der Waals surface area contributed by atoms with E-state index in [9.17, 15) is 0 Å². The molecule has 0 saturated carbocycles. The van der Waals surface area contributed by atoms with Gasteiger partial charge in [0.25, 0.3) is 0 Å². The third-order valence-corrected chi connectivity index (χ3v) is 1.66. The summed E-state index contributed by atoms with van der Waals surface area (Å²) in [6.07, 6.45) is 0. The molecular weight excluding hydrogens is 154 g/mol. The second-order valence-corrected chi connectivity index (χ2v) is 2.86. The normalized spacial score (nSPS) is 8.73. The van der Waals surface area contributed by atoms with Crippen molar-refractivity contribution < 1.29 is 0 Å². The fourth-order valence-electron chi connectivity index (χ4n) is 0.779. The zero-order chi connectivity index (χ0) is 8.27. The predicted molar refractivity (Wildman–Crippen MR) is 48.5 cm³/mol. The van der Waals surface area contributed by atoms with Gasteiger partial charge in [0.05, 0.1) is 11.6 Å². The van der Waals surface area contributed by atoms with Gasteiger partial charge in [-0.25, -0.2) is 0 Å². The fraction of sp³-hybridized carbons (Fsp3) is 0.111. The highest BCUT2D eigenvalue weighted by Gasteiger charge is 1.93. The Morgan fingerprint density at radius 3 is 2.27 bits per heavy atom. The SMILES string of the molecule is CC(=S)c1ccc(C#N)cc1. The summed E-state index contributed by atoms with van der Waals surface area (Å²) in [6, 6.07) is 9.31. The quantitative estimate of drug-likeness (QED) is 0.466. The van der Waals surface area contributed by atoms with Gasteiger partial charge in [0, 0.05) is 4.86 Å². The van der Waals surface area contributed by atoms with Crippen molar-refractivity contribution in [2.75, 3.05) is 0 Å². The lowest BCUT2D eigenvalue weighted by atomic mass is 10.1. The molecule has 0 unspecified atom stereocenters. The Kier molecular flexibility index (Phi) is 2.35. The first-order valence-electron chi connectivity index (χ1n) is 3.25. The monoisotopic (exact) mass is 161 g/mol. The van der Waals surface area contributed by atoms with Crippen LogP contribution in [-0.2, 0) is 0 Å². The van der Waals surface area contributed by atoms with Crippen LogP contribution in [0, 0.1) is 11.3 Å². The van der Waals surface area contributed by atoms with E-state index in [-0.39, 0.29) is 0 Å². The molecule has 0 bridgehead atoms. The molecule has 0 saturated heterocycles. The molecule has 0 aliphatic heterocycles. The molecular formula is C9H7NS. The summed E-state index contributed by atoms with van der Waals surface area (Å²) in [4.78, 5) is 0.856. The maximum absolute atomic E-state index is 8.48. The van der Waals surface area contributed by atoms with Crippen LogP contribution < -0.4 is 0 Å². The molecule has 0 atom stereocenters. The molecule has 1 aromatic rings. The van der Waals surface area contributed by atoms with Crippen LogP contribution in [0.3, 0.4) is 0 Å². The van der Waals surface area contributed by atoms with E-state index in [0.29, 0.717) is 5.56 Å². The maximum atomic E-state index is 8.48. The van der Waals surface area contributed by atoms with Gasteiger partial charge in [-0.15, -0.1) is 0 Å². The van der Waals surface area contributed by atoms with Crippen LogP contribution in [-0.4, -0.2) is 4.86 Å². The highest BCUT2D eigenvalue weighted by atomic mass is 32.1. The lowest BCUT2D eigenvalue weighted by Gasteiger charge is -1.95. The number of thiocarbonyl (C=S) groups is 1. The second kappa shape index (κ2) is 3.27. The molecule has 0 heterocycles. The van der Waals surface area contributed by atoms with Crippen LogP contribution in [0.15, 0.2) is 24.3 Å². The van der Waals surface area contributed by atoms with Gasteiger partial charge in [0.2, 0.25) is 0 Å². The third-order valence-electron chi connectivity index (χ3n) is 1.42. The van der Waals surface area contributed by atoms with Crippen LogP contribution in [0.2, 0.25) is 0 Å². The minimum atomic E-state index is 0.671. The molecule has 0 spiro atoms. The molecule has 0 N–H and O–H groups in total. The number of nitriles is 1. The predicted octanol–water partition coefficient (Wildman–Crippen LogP) is 2.30. The summed E-state index contributed by atoms with van der Waals surface area (Å²) < 4.78 is 0. The molecule has 1 aromatic carbocycles. The van der Waals surface area contributed by atoms with Crippen molar-refractivity contribution >= 4 is 17.1 Å². The van der Waals surface area contributed by atoms with Crippen LogP contribution >= 0.6 is 12.2 Å². The van der Waals surface area contributed by atoms with Gasteiger partial charge in [0.15, 0.2) is 0 Å². The smallest absolute Gasteiger partial charge is 0.0991 e. The lowest BCUT2D eigenvalue weighted by Crippen LogP contribution is -1.88. The number of benzene rings is 1. The van der Waals surface area contributed by atoms with E-state index in [1.807, 2.05) is 25.1 Å². The van der Waals surface area contributed by atoms with Crippen molar-refractivity contribution in [3.63, 3.8) is 0 Å². The van der Waals surface area contributed by atoms with Gasteiger partial charge < -0.3 is 0 Å². The molecule has 0 fully saturated rings. The molecule has 0 aromatic heterocycles. The van der Waals surface area contributed by atoms with E-state index in [4.69, 9.17) is 17.5 Å². The van der Waals surface area contributed by atoms with Crippen molar-refractivity contribution in [3.05, 3.63) is 35.4 Å². The van der Waals surface area contributed by atoms with E-state index < -0.39 is 0 Å². The molecule has 0 amide bonds. The molecule has 11 heavy (non-hydrogen) atoms. The van der Waals surface area contributed by atoms with Crippen LogP contribution in [0.4, 0.5) is 0 Å². The highest BCUT2D eigenvalue weighted by Crippen LogP contribution is 2.04. The maximum Gasteiger partial charge on any atom is 0.0991 e. The minimum Gasteiger partial charge on any atom is -0.192 e. The zero-order valence-corrected chi connectivity index (χ0v) is 6.98. The summed E-state index contributed by atoms with van der Waals surface area (Å²) >= 11 is 4.96. The van der Waals surface area contributed by atoms with Gasteiger partial charge >= 0.3 is 0 Å². The van der Waals surface area contributed by atoms with E-state index in [1.165, 1.54) is 0 Å². The van der Waals surface area contributed by atoms with Crippen molar-refractivity contribution in [1.29, 1.82) is 5.26 Å². The Bertz CT molecular complexity index is 305. The first-order valence-corrected chi connectivity index (χ1v) is 3.66. The Morgan fingerprint density at radius 2 is 1.91 bits per heavy atom. The van der Waals surface area contributed by atoms with E-state index in [0.717, 1.165) is 10.4 Å². The molecule has 0 radical (unpaired) electrons. The van der Waals surface area contributed by atoms with Gasteiger partial charge in [-0.3, -0.25) is 0 Å². The summed E-state index contributed by atoms with van der Waals surface area (Å²) in [5, 5.41) is 8.48. The molecule has 1 rings (SSSR count). The molecule has 1 nitrogen and oxygen atoms in total. The average Bonchev–Trinajstić information content (AvgIpc) is 2.05. The largest absolute Gasteiger partial charge is 0.192 e. The Labute approximate surface area is 71.3 Å². The Balaban J connectivity index is 3.03. The van der Waals surface area contributed by atoms with E-state index in [2.05, 4.69) is 0 Å². The average molecular weight is 161 g/mol. The van der Waals surface area contributed by atoms with Crippen LogP contribution in [0.25, 0.3) is 0 Å². The first kappa shape index (κ1) is 7.90. The molecule has 0 aliphatic rings. The van der Waals surface area contributed by atoms with Crippen molar-refractivity contribution in [1.82, 2.24) is 0 Å². The van der Waals surface area contributed by atoms with Crippen molar-refractivity contribution in [3.8, 4) is 6.07 Å². The number of rotatable bonds is 1. The van der Waals surface area contributed by atoms with E-state index in [1.54, 1.807) is 12.1 Å².